The third-order valence-corrected chi connectivity index (χ3v) is 5.59. The summed E-state index contributed by atoms with van der Waals surface area (Å²) in [7, 11) is 0. The lowest BCUT2D eigenvalue weighted by atomic mass is 9.81. The highest BCUT2D eigenvalue weighted by atomic mass is 16.2. The van der Waals surface area contributed by atoms with Gasteiger partial charge in [0.15, 0.2) is 5.78 Å². The Labute approximate surface area is 171 Å². The summed E-state index contributed by atoms with van der Waals surface area (Å²) >= 11 is 0. The Morgan fingerprint density at radius 1 is 0.897 bits per heavy atom. The van der Waals surface area contributed by atoms with E-state index in [4.69, 9.17) is 0 Å². The minimum absolute atomic E-state index is 0.0294. The number of rotatable bonds is 6. The van der Waals surface area contributed by atoms with Crippen LogP contribution < -0.4 is 10.6 Å². The van der Waals surface area contributed by atoms with E-state index in [1.165, 1.54) is 12.5 Å². The first-order chi connectivity index (χ1) is 13.9. The summed E-state index contributed by atoms with van der Waals surface area (Å²) in [5.41, 5.74) is 3.51. The molecule has 0 aliphatic heterocycles. The first-order valence-electron chi connectivity index (χ1n) is 10.2. The summed E-state index contributed by atoms with van der Waals surface area (Å²) in [6, 6.07) is 15.1. The molecule has 2 N–H and O–H groups in total. The van der Waals surface area contributed by atoms with Crippen molar-refractivity contribution in [3.63, 3.8) is 0 Å². The van der Waals surface area contributed by atoms with Crippen molar-refractivity contribution in [2.24, 2.45) is 11.8 Å². The zero-order chi connectivity index (χ0) is 20.8. The van der Waals surface area contributed by atoms with Crippen molar-refractivity contribution in [1.29, 1.82) is 0 Å². The lowest BCUT2D eigenvalue weighted by Gasteiger charge is -2.27. The number of ketones is 1. The van der Waals surface area contributed by atoms with E-state index in [2.05, 4.69) is 10.6 Å². The van der Waals surface area contributed by atoms with Gasteiger partial charge in [-0.25, -0.2) is 0 Å². The fourth-order valence-corrected chi connectivity index (χ4v) is 3.72. The summed E-state index contributed by atoms with van der Waals surface area (Å²) in [5.74, 6) is -0.135. The topological polar surface area (TPSA) is 75.3 Å². The van der Waals surface area contributed by atoms with Gasteiger partial charge >= 0.3 is 0 Å². The lowest BCUT2D eigenvalue weighted by molar-refractivity contribution is -0.128. The number of benzene rings is 2. The highest BCUT2D eigenvalue weighted by Crippen LogP contribution is 2.30. The molecule has 29 heavy (non-hydrogen) atoms. The second-order valence-electron chi connectivity index (χ2n) is 7.88. The molecular formula is C24H28N2O3. The standard InChI is InChI=1S/C24H28N2O3/c1-16-6-8-18(9-7-16)15-25-23(28)19-10-12-20(13-11-19)24(29)26-22-5-3-4-21(14-22)17(2)27/h3-9,14,19-20H,10-13,15H2,1-2H3,(H,25,28)(H,26,29). The molecule has 0 bridgehead atoms. The summed E-state index contributed by atoms with van der Waals surface area (Å²) in [6.07, 6.45) is 2.82. The molecule has 152 valence electrons. The third kappa shape index (κ3) is 5.76. The normalized spacial score (nSPS) is 18.7. The van der Waals surface area contributed by atoms with Crippen molar-refractivity contribution < 1.29 is 14.4 Å². The monoisotopic (exact) mass is 392 g/mol. The largest absolute Gasteiger partial charge is 0.352 e. The predicted octanol–water partition coefficient (Wildman–Crippen LogP) is 4.26. The van der Waals surface area contributed by atoms with Crippen LogP contribution in [-0.4, -0.2) is 17.6 Å². The summed E-state index contributed by atoms with van der Waals surface area (Å²) < 4.78 is 0. The van der Waals surface area contributed by atoms with Gasteiger partial charge in [-0.05, 0) is 57.2 Å². The minimum atomic E-state index is -0.0999. The van der Waals surface area contributed by atoms with Gasteiger partial charge in [0.25, 0.3) is 0 Å². The Bertz CT molecular complexity index is 881. The number of nitrogens with one attached hydrogen (secondary N) is 2. The maximum atomic E-state index is 12.6. The van der Waals surface area contributed by atoms with E-state index < -0.39 is 0 Å². The predicted molar refractivity (Wildman–Crippen MR) is 114 cm³/mol. The molecule has 1 saturated carbocycles. The van der Waals surface area contributed by atoms with Crippen LogP contribution >= 0.6 is 0 Å². The fraction of sp³-hybridized carbons (Fsp3) is 0.375. The van der Waals surface area contributed by atoms with Gasteiger partial charge in [0, 0.05) is 29.6 Å². The second kappa shape index (κ2) is 9.50. The van der Waals surface area contributed by atoms with Crippen LogP contribution in [0.1, 0.15) is 54.1 Å². The van der Waals surface area contributed by atoms with Gasteiger partial charge in [0.2, 0.25) is 11.8 Å². The second-order valence-corrected chi connectivity index (χ2v) is 7.88. The van der Waals surface area contributed by atoms with E-state index in [9.17, 15) is 14.4 Å². The van der Waals surface area contributed by atoms with Gasteiger partial charge in [0.1, 0.15) is 0 Å². The zero-order valence-corrected chi connectivity index (χ0v) is 17.0. The maximum Gasteiger partial charge on any atom is 0.227 e. The van der Waals surface area contributed by atoms with E-state index in [-0.39, 0.29) is 29.4 Å². The number of hydrogen-bond acceptors (Lipinski definition) is 3. The molecule has 2 aromatic carbocycles. The summed E-state index contributed by atoms with van der Waals surface area (Å²) in [4.78, 5) is 36.5. The molecule has 0 saturated heterocycles. The number of carbonyl (C=O) groups excluding carboxylic acids is 3. The molecular weight excluding hydrogens is 364 g/mol. The molecule has 0 aromatic heterocycles. The van der Waals surface area contributed by atoms with Crippen LogP contribution in [0.2, 0.25) is 0 Å². The molecule has 0 heterocycles. The quantitative estimate of drug-likeness (QED) is 0.721. The fourth-order valence-electron chi connectivity index (χ4n) is 3.72. The van der Waals surface area contributed by atoms with Gasteiger partial charge in [-0.2, -0.15) is 0 Å². The average Bonchev–Trinajstić information content (AvgIpc) is 2.73. The first kappa shape index (κ1) is 20.8. The van der Waals surface area contributed by atoms with Crippen molar-refractivity contribution >= 4 is 23.3 Å². The van der Waals surface area contributed by atoms with Crippen LogP contribution in [-0.2, 0) is 16.1 Å². The number of anilines is 1. The average molecular weight is 392 g/mol. The Morgan fingerprint density at radius 2 is 1.52 bits per heavy atom. The van der Waals surface area contributed by atoms with E-state index in [1.807, 2.05) is 31.2 Å². The van der Waals surface area contributed by atoms with Crippen LogP contribution in [0.15, 0.2) is 48.5 Å². The number of hydrogen-bond donors (Lipinski definition) is 2. The van der Waals surface area contributed by atoms with Crippen molar-refractivity contribution in [1.82, 2.24) is 5.32 Å². The third-order valence-electron chi connectivity index (χ3n) is 5.59. The molecule has 1 aliphatic carbocycles. The van der Waals surface area contributed by atoms with Gasteiger partial charge in [-0.1, -0.05) is 42.0 Å². The Hall–Kier alpha value is -2.95. The molecule has 5 heteroatoms. The molecule has 2 aromatic rings. The van der Waals surface area contributed by atoms with E-state index in [0.717, 1.165) is 5.56 Å². The molecule has 1 fully saturated rings. The highest BCUT2D eigenvalue weighted by molar-refractivity contribution is 5.97. The van der Waals surface area contributed by atoms with Crippen molar-refractivity contribution in [3.8, 4) is 0 Å². The molecule has 5 nitrogen and oxygen atoms in total. The molecule has 1 aliphatic rings. The smallest absolute Gasteiger partial charge is 0.227 e. The van der Waals surface area contributed by atoms with E-state index in [1.54, 1.807) is 24.3 Å². The maximum absolute atomic E-state index is 12.6. The summed E-state index contributed by atoms with van der Waals surface area (Å²) in [6.45, 7) is 4.08. The first-order valence-corrected chi connectivity index (χ1v) is 10.2. The van der Waals surface area contributed by atoms with Gasteiger partial charge in [-0.3, -0.25) is 14.4 Å². The van der Waals surface area contributed by atoms with Crippen LogP contribution in [0.25, 0.3) is 0 Å². The Morgan fingerprint density at radius 3 is 2.14 bits per heavy atom. The van der Waals surface area contributed by atoms with Crippen molar-refractivity contribution in [3.05, 3.63) is 65.2 Å². The van der Waals surface area contributed by atoms with E-state index in [0.29, 0.717) is 43.5 Å². The molecule has 3 rings (SSSR count). The Kier molecular flexibility index (Phi) is 6.81. The van der Waals surface area contributed by atoms with Crippen LogP contribution in [0.3, 0.4) is 0 Å². The molecule has 0 atom stereocenters. The number of aryl methyl sites for hydroxylation is 1. The number of carbonyl (C=O) groups is 3. The zero-order valence-electron chi connectivity index (χ0n) is 17.0. The van der Waals surface area contributed by atoms with E-state index >= 15 is 0 Å². The van der Waals surface area contributed by atoms with Crippen LogP contribution in [0.4, 0.5) is 5.69 Å². The van der Waals surface area contributed by atoms with Crippen LogP contribution in [0.5, 0.6) is 0 Å². The van der Waals surface area contributed by atoms with Gasteiger partial charge in [0.05, 0.1) is 0 Å². The molecule has 2 amide bonds. The number of Topliss-reactive ketones (excluding diaryl/α,β-unsaturated/α-hetero) is 1. The summed E-state index contributed by atoms with van der Waals surface area (Å²) in [5, 5.41) is 5.93. The van der Waals surface area contributed by atoms with Crippen molar-refractivity contribution in [2.75, 3.05) is 5.32 Å². The Balaban J connectivity index is 1.46. The van der Waals surface area contributed by atoms with Gasteiger partial charge < -0.3 is 10.6 Å². The molecule has 0 unspecified atom stereocenters. The van der Waals surface area contributed by atoms with Gasteiger partial charge in [-0.15, -0.1) is 0 Å². The number of amides is 2. The molecule has 0 radical (unpaired) electrons. The van der Waals surface area contributed by atoms with Crippen LogP contribution in [0, 0.1) is 18.8 Å². The minimum Gasteiger partial charge on any atom is -0.352 e. The van der Waals surface area contributed by atoms with Crippen molar-refractivity contribution in [2.45, 2.75) is 46.1 Å². The SMILES string of the molecule is CC(=O)c1cccc(NC(=O)C2CCC(C(=O)NCc3ccc(C)cc3)CC2)c1. The lowest BCUT2D eigenvalue weighted by Crippen LogP contribution is -2.35. The molecule has 0 spiro atoms. The highest BCUT2D eigenvalue weighted by Gasteiger charge is 2.29.